The molecule has 0 aliphatic carbocycles. The smallest absolute Gasteiger partial charge is 0.282 e. The van der Waals surface area contributed by atoms with E-state index in [-0.39, 0.29) is 5.91 Å². The number of aromatic amines is 1. The third-order valence-electron chi connectivity index (χ3n) is 4.10. The van der Waals surface area contributed by atoms with Crippen molar-refractivity contribution in [3.8, 4) is 11.3 Å². The first-order valence-electron chi connectivity index (χ1n) is 7.60. The molecular weight excluding hydrogens is 376 g/mol. The average Bonchev–Trinajstić information content (AvgIpc) is 3.21. The Morgan fingerprint density at radius 2 is 2.13 bits per heavy atom. The van der Waals surface area contributed by atoms with Crippen LogP contribution in [0.25, 0.3) is 22.3 Å². The van der Waals surface area contributed by atoms with Crippen LogP contribution in [0, 0.1) is 0 Å². The highest BCUT2D eigenvalue weighted by molar-refractivity contribution is 9.10. The molecule has 1 aliphatic rings. The number of fused-ring (bicyclic) bond motifs is 1. The lowest BCUT2D eigenvalue weighted by molar-refractivity contribution is 0.0724. The number of nitrogens with one attached hydrogen (secondary N) is 1. The quantitative estimate of drug-likeness (QED) is 0.716. The van der Waals surface area contributed by atoms with Gasteiger partial charge in [0.2, 0.25) is 0 Å². The van der Waals surface area contributed by atoms with Crippen LogP contribution < -0.4 is 0 Å². The molecule has 4 rings (SSSR count). The van der Waals surface area contributed by atoms with Crippen molar-refractivity contribution in [2.45, 2.75) is 19.3 Å². The van der Waals surface area contributed by atoms with Crippen molar-refractivity contribution in [3.05, 3.63) is 33.3 Å². The maximum Gasteiger partial charge on any atom is 0.282 e. The Morgan fingerprint density at radius 3 is 2.96 bits per heavy atom. The van der Waals surface area contributed by atoms with Crippen LogP contribution in [0.15, 0.2) is 28.3 Å². The Balaban J connectivity index is 1.66. The standard InChI is InChI=1S/C16H15BrN4OS/c17-10-6-11-12(8-19-14(11)18-7-10)13-9-23-15(20-13)16(22)21-4-2-1-3-5-21/h6-9H,1-5H2,(H,18,19). The zero-order valence-corrected chi connectivity index (χ0v) is 14.8. The summed E-state index contributed by atoms with van der Waals surface area (Å²) in [5.41, 5.74) is 2.62. The molecule has 3 aromatic heterocycles. The van der Waals surface area contributed by atoms with Gasteiger partial charge >= 0.3 is 0 Å². The summed E-state index contributed by atoms with van der Waals surface area (Å²) in [5.74, 6) is 0.0556. The topological polar surface area (TPSA) is 61.9 Å². The normalized spacial score (nSPS) is 15.3. The molecule has 0 atom stereocenters. The van der Waals surface area contributed by atoms with Crippen molar-refractivity contribution in [2.24, 2.45) is 0 Å². The third kappa shape index (κ3) is 2.79. The zero-order chi connectivity index (χ0) is 15.8. The first-order valence-corrected chi connectivity index (χ1v) is 9.27. The molecule has 1 amide bonds. The summed E-state index contributed by atoms with van der Waals surface area (Å²) in [6, 6.07) is 2.01. The van der Waals surface area contributed by atoms with Crippen LogP contribution in [0.2, 0.25) is 0 Å². The van der Waals surface area contributed by atoms with Crippen LogP contribution in [0.3, 0.4) is 0 Å². The molecule has 0 spiro atoms. The second kappa shape index (κ2) is 6.05. The number of hydrogen-bond donors (Lipinski definition) is 1. The van der Waals surface area contributed by atoms with E-state index in [0.717, 1.165) is 52.7 Å². The molecule has 0 saturated carbocycles. The summed E-state index contributed by atoms with van der Waals surface area (Å²) in [5, 5.41) is 3.52. The molecule has 118 valence electrons. The zero-order valence-electron chi connectivity index (χ0n) is 12.4. The number of rotatable bonds is 2. The lowest BCUT2D eigenvalue weighted by Gasteiger charge is -2.25. The van der Waals surface area contributed by atoms with Gasteiger partial charge in [-0.05, 0) is 41.3 Å². The number of halogens is 1. The van der Waals surface area contributed by atoms with Gasteiger partial charge in [-0.15, -0.1) is 11.3 Å². The number of hydrogen-bond acceptors (Lipinski definition) is 4. The van der Waals surface area contributed by atoms with Gasteiger partial charge in [0, 0.05) is 46.3 Å². The predicted molar refractivity (Wildman–Crippen MR) is 94.7 cm³/mol. The molecule has 0 aromatic carbocycles. The van der Waals surface area contributed by atoms with E-state index in [4.69, 9.17) is 0 Å². The van der Waals surface area contributed by atoms with E-state index in [9.17, 15) is 4.79 Å². The van der Waals surface area contributed by atoms with Crippen LogP contribution in [0.4, 0.5) is 0 Å². The van der Waals surface area contributed by atoms with Gasteiger partial charge in [0.15, 0.2) is 5.01 Å². The molecule has 3 aromatic rings. The van der Waals surface area contributed by atoms with E-state index in [1.807, 2.05) is 22.5 Å². The maximum absolute atomic E-state index is 12.5. The molecule has 23 heavy (non-hydrogen) atoms. The summed E-state index contributed by atoms with van der Waals surface area (Å²) in [4.78, 5) is 26.5. The number of amides is 1. The Hall–Kier alpha value is -1.73. The van der Waals surface area contributed by atoms with Crippen LogP contribution in [-0.4, -0.2) is 38.8 Å². The molecule has 0 bridgehead atoms. The van der Waals surface area contributed by atoms with Gasteiger partial charge in [-0.2, -0.15) is 0 Å². The van der Waals surface area contributed by atoms with Gasteiger partial charge in [0.05, 0.1) is 5.69 Å². The Morgan fingerprint density at radius 1 is 1.30 bits per heavy atom. The number of H-pyrrole nitrogens is 1. The van der Waals surface area contributed by atoms with Crippen LogP contribution in [0.5, 0.6) is 0 Å². The number of carbonyl (C=O) groups is 1. The molecule has 1 aliphatic heterocycles. The summed E-state index contributed by atoms with van der Waals surface area (Å²) in [6.45, 7) is 1.69. The number of aromatic nitrogens is 3. The second-order valence-corrected chi connectivity index (χ2v) is 7.42. The Kier molecular flexibility index (Phi) is 3.90. The maximum atomic E-state index is 12.5. The van der Waals surface area contributed by atoms with Crippen molar-refractivity contribution in [3.63, 3.8) is 0 Å². The molecule has 4 heterocycles. The molecule has 0 unspecified atom stereocenters. The number of piperidine rings is 1. The van der Waals surface area contributed by atoms with E-state index in [1.54, 1.807) is 6.20 Å². The molecule has 1 fully saturated rings. The van der Waals surface area contributed by atoms with E-state index >= 15 is 0 Å². The Bertz CT molecular complexity index is 866. The van der Waals surface area contributed by atoms with Gasteiger partial charge < -0.3 is 9.88 Å². The molecular formula is C16H15BrN4OS. The summed E-state index contributed by atoms with van der Waals surface area (Å²) >= 11 is 4.86. The fraction of sp³-hybridized carbons (Fsp3) is 0.312. The van der Waals surface area contributed by atoms with Gasteiger partial charge in [0.1, 0.15) is 5.65 Å². The summed E-state index contributed by atoms with van der Waals surface area (Å²) < 4.78 is 0.922. The molecule has 0 radical (unpaired) electrons. The van der Waals surface area contributed by atoms with Crippen molar-refractivity contribution in [1.82, 2.24) is 19.9 Å². The largest absolute Gasteiger partial charge is 0.345 e. The van der Waals surface area contributed by atoms with Crippen LogP contribution in [-0.2, 0) is 0 Å². The van der Waals surface area contributed by atoms with Crippen molar-refractivity contribution in [1.29, 1.82) is 0 Å². The van der Waals surface area contributed by atoms with Crippen LogP contribution >= 0.6 is 27.3 Å². The lowest BCUT2D eigenvalue weighted by Crippen LogP contribution is -2.35. The minimum atomic E-state index is 0.0556. The highest BCUT2D eigenvalue weighted by Gasteiger charge is 2.22. The number of likely N-dealkylation sites (tertiary alicyclic amines) is 1. The first kappa shape index (κ1) is 14.8. The van der Waals surface area contributed by atoms with Crippen molar-refractivity contribution < 1.29 is 4.79 Å². The molecule has 1 saturated heterocycles. The van der Waals surface area contributed by atoms with E-state index < -0.39 is 0 Å². The third-order valence-corrected chi connectivity index (χ3v) is 5.37. The summed E-state index contributed by atoms with van der Waals surface area (Å²) in [6.07, 6.45) is 7.05. The van der Waals surface area contributed by atoms with Gasteiger partial charge in [-0.1, -0.05) is 0 Å². The molecule has 7 heteroatoms. The fourth-order valence-electron chi connectivity index (χ4n) is 2.92. The lowest BCUT2D eigenvalue weighted by atomic mass is 10.1. The Labute approximate surface area is 145 Å². The number of pyridine rings is 1. The number of nitrogens with zero attached hydrogens (tertiary/aromatic N) is 3. The second-order valence-electron chi connectivity index (χ2n) is 5.64. The van der Waals surface area contributed by atoms with Crippen LogP contribution in [0.1, 0.15) is 29.1 Å². The van der Waals surface area contributed by atoms with E-state index in [2.05, 4.69) is 30.9 Å². The van der Waals surface area contributed by atoms with Crippen molar-refractivity contribution in [2.75, 3.05) is 13.1 Å². The number of thiazole rings is 1. The first-order chi connectivity index (χ1) is 11.2. The van der Waals surface area contributed by atoms with E-state index in [1.165, 1.54) is 17.8 Å². The van der Waals surface area contributed by atoms with Gasteiger partial charge in [-0.3, -0.25) is 4.79 Å². The molecule has 1 N–H and O–H groups in total. The fourth-order valence-corrected chi connectivity index (χ4v) is 4.03. The number of carbonyl (C=O) groups excluding carboxylic acids is 1. The SMILES string of the molecule is O=C(c1nc(-c2c[nH]c3ncc(Br)cc23)cs1)N1CCCCC1. The monoisotopic (exact) mass is 390 g/mol. The van der Waals surface area contributed by atoms with Gasteiger partial charge in [0.25, 0.3) is 5.91 Å². The minimum Gasteiger partial charge on any atom is -0.345 e. The minimum absolute atomic E-state index is 0.0556. The molecule has 5 nitrogen and oxygen atoms in total. The average molecular weight is 391 g/mol. The predicted octanol–water partition coefficient (Wildman–Crippen LogP) is 4.08. The van der Waals surface area contributed by atoms with Gasteiger partial charge in [-0.25, -0.2) is 9.97 Å². The summed E-state index contributed by atoms with van der Waals surface area (Å²) in [7, 11) is 0. The van der Waals surface area contributed by atoms with Crippen molar-refractivity contribution >= 4 is 44.2 Å². The highest BCUT2D eigenvalue weighted by atomic mass is 79.9. The highest BCUT2D eigenvalue weighted by Crippen LogP contribution is 2.30. The van der Waals surface area contributed by atoms with E-state index in [0.29, 0.717) is 5.01 Å².